The molecule has 0 aliphatic carbocycles. The summed E-state index contributed by atoms with van der Waals surface area (Å²) in [5.41, 5.74) is 3.09. The number of aromatic nitrogens is 3. The molecule has 3 heterocycles. The van der Waals surface area contributed by atoms with Crippen molar-refractivity contribution >= 4 is 10.9 Å². The second-order valence-corrected chi connectivity index (χ2v) is 9.62. The van der Waals surface area contributed by atoms with Gasteiger partial charge in [0.1, 0.15) is 6.10 Å². The maximum absolute atomic E-state index is 13.6. The van der Waals surface area contributed by atoms with Crippen molar-refractivity contribution in [2.24, 2.45) is 14.1 Å². The minimum atomic E-state index is -0.668. The number of phenolic OH excluding ortho intramolecular Hbond substituents is 2. The van der Waals surface area contributed by atoms with E-state index in [4.69, 9.17) is 4.74 Å². The van der Waals surface area contributed by atoms with Crippen LogP contribution in [0.25, 0.3) is 22.2 Å². The highest BCUT2D eigenvalue weighted by molar-refractivity contribution is 5.96. The first-order valence-corrected chi connectivity index (χ1v) is 11.1. The molecule has 0 radical (unpaired) electrons. The summed E-state index contributed by atoms with van der Waals surface area (Å²) in [4.78, 5) is 26.5. The van der Waals surface area contributed by atoms with Gasteiger partial charge in [-0.25, -0.2) is 4.79 Å². The van der Waals surface area contributed by atoms with Crippen LogP contribution in [-0.2, 0) is 24.4 Å². The second-order valence-electron chi connectivity index (χ2n) is 9.62. The largest absolute Gasteiger partial charge is 0.504 e. The van der Waals surface area contributed by atoms with Crippen molar-refractivity contribution in [3.63, 3.8) is 0 Å². The van der Waals surface area contributed by atoms with Crippen molar-refractivity contribution in [1.82, 2.24) is 13.7 Å². The molecule has 2 aromatic carbocycles. The number of rotatable bonds is 2. The van der Waals surface area contributed by atoms with Crippen molar-refractivity contribution in [2.75, 3.05) is 6.61 Å². The van der Waals surface area contributed by atoms with Crippen LogP contribution in [-0.4, -0.2) is 30.5 Å². The minimum absolute atomic E-state index is 0.234. The Kier molecular flexibility index (Phi) is 4.77. The van der Waals surface area contributed by atoms with Gasteiger partial charge in [-0.1, -0.05) is 35.9 Å². The van der Waals surface area contributed by atoms with Crippen molar-refractivity contribution in [3.8, 4) is 22.8 Å². The number of nitrogens with zero attached hydrogens (tertiary/aromatic N) is 3. The predicted octanol–water partition coefficient (Wildman–Crippen LogP) is 3.28. The molecule has 0 bridgehead atoms. The van der Waals surface area contributed by atoms with Crippen LogP contribution >= 0.6 is 0 Å². The first kappa shape index (κ1) is 22.0. The summed E-state index contributed by atoms with van der Waals surface area (Å²) in [6.07, 6.45) is -0.668. The Hall–Kier alpha value is -3.78. The Balaban J connectivity index is 1.99. The summed E-state index contributed by atoms with van der Waals surface area (Å²) < 4.78 is 11.0. The standard InChI is InChI=1S/C26H27N3O5/c1-14-6-8-15(9-7-14)20-19-21(27(4)25(33)28(5)24(19)32)22-23(34-13-26(2,3)29(20)22)16-10-11-17(30)18(31)12-16/h6-12,23,30-31H,13H2,1-5H3. The van der Waals surface area contributed by atoms with Crippen LogP contribution in [0.2, 0.25) is 0 Å². The average Bonchev–Trinajstić information content (AvgIpc) is 3.16. The SMILES string of the molecule is Cc1ccc(-c2c3c(=O)n(C)c(=O)n(C)c3c3n2C(C)(C)COC3c2ccc(O)c(O)c2)cc1. The Morgan fingerprint density at radius 3 is 2.29 bits per heavy atom. The van der Waals surface area contributed by atoms with Gasteiger partial charge >= 0.3 is 5.69 Å². The molecular weight excluding hydrogens is 434 g/mol. The van der Waals surface area contributed by atoms with Gasteiger partial charge in [0, 0.05) is 14.1 Å². The number of aromatic hydroxyl groups is 2. The molecular formula is C26H27N3O5. The van der Waals surface area contributed by atoms with Crippen LogP contribution in [0.15, 0.2) is 52.1 Å². The molecule has 1 atom stereocenters. The van der Waals surface area contributed by atoms with Crippen LogP contribution in [0.4, 0.5) is 0 Å². The van der Waals surface area contributed by atoms with E-state index in [0.29, 0.717) is 28.8 Å². The summed E-state index contributed by atoms with van der Waals surface area (Å²) in [6.45, 7) is 6.39. The quantitative estimate of drug-likeness (QED) is 0.447. The van der Waals surface area contributed by atoms with Crippen molar-refractivity contribution < 1.29 is 14.9 Å². The van der Waals surface area contributed by atoms with Crippen LogP contribution in [0.5, 0.6) is 11.5 Å². The predicted molar refractivity (Wildman–Crippen MR) is 129 cm³/mol. The lowest BCUT2D eigenvalue weighted by Gasteiger charge is -2.39. The Labute approximate surface area is 195 Å². The molecule has 1 unspecified atom stereocenters. The van der Waals surface area contributed by atoms with E-state index in [1.165, 1.54) is 23.7 Å². The van der Waals surface area contributed by atoms with Gasteiger partial charge in [-0.2, -0.15) is 0 Å². The van der Waals surface area contributed by atoms with Gasteiger partial charge in [0.15, 0.2) is 11.5 Å². The third-order valence-electron chi connectivity index (χ3n) is 6.69. The highest BCUT2D eigenvalue weighted by atomic mass is 16.5. The molecule has 0 saturated carbocycles. The maximum atomic E-state index is 13.6. The van der Waals surface area contributed by atoms with E-state index >= 15 is 0 Å². The lowest BCUT2D eigenvalue weighted by molar-refractivity contribution is -0.00716. The topological polar surface area (TPSA) is 98.6 Å². The molecule has 8 nitrogen and oxygen atoms in total. The van der Waals surface area contributed by atoms with E-state index in [1.807, 2.05) is 45.0 Å². The number of benzene rings is 2. The van der Waals surface area contributed by atoms with E-state index < -0.39 is 17.3 Å². The minimum Gasteiger partial charge on any atom is -0.504 e. The fourth-order valence-corrected chi connectivity index (χ4v) is 4.94. The third-order valence-corrected chi connectivity index (χ3v) is 6.69. The Morgan fingerprint density at radius 1 is 0.971 bits per heavy atom. The zero-order valence-electron chi connectivity index (χ0n) is 19.8. The zero-order chi connectivity index (χ0) is 24.5. The van der Waals surface area contributed by atoms with E-state index in [1.54, 1.807) is 13.1 Å². The zero-order valence-corrected chi connectivity index (χ0v) is 19.8. The van der Waals surface area contributed by atoms with E-state index in [0.717, 1.165) is 21.4 Å². The molecule has 0 spiro atoms. The molecule has 1 aliphatic rings. The van der Waals surface area contributed by atoms with Gasteiger partial charge in [0.2, 0.25) is 0 Å². The second kappa shape index (κ2) is 7.36. The molecule has 1 aliphatic heterocycles. The first-order valence-electron chi connectivity index (χ1n) is 11.1. The third kappa shape index (κ3) is 3.02. The summed E-state index contributed by atoms with van der Waals surface area (Å²) in [5, 5.41) is 20.4. The van der Waals surface area contributed by atoms with Crippen LogP contribution in [0.1, 0.15) is 36.8 Å². The monoisotopic (exact) mass is 461 g/mol. The van der Waals surface area contributed by atoms with Crippen LogP contribution in [0.3, 0.4) is 0 Å². The number of fused-ring (bicyclic) bond motifs is 3. The van der Waals surface area contributed by atoms with Gasteiger partial charge in [0.05, 0.1) is 34.4 Å². The smallest absolute Gasteiger partial charge is 0.331 e. The van der Waals surface area contributed by atoms with Crippen LogP contribution < -0.4 is 11.2 Å². The summed E-state index contributed by atoms with van der Waals surface area (Å²) in [5.74, 6) is -0.501. The Morgan fingerprint density at radius 2 is 1.65 bits per heavy atom. The molecule has 5 rings (SSSR count). The number of hydrogen-bond acceptors (Lipinski definition) is 5. The molecule has 0 amide bonds. The van der Waals surface area contributed by atoms with E-state index in [9.17, 15) is 19.8 Å². The molecule has 2 N–H and O–H groups in total. The summed E-state index contributed by atoms with van der Waals surface area (Å²) in [7, 11) is 3.13. The number of hydrogen-bond donors (Lipinski definition) is 2. The number of ether oxygens (including phenoxy) is 1. The van der Waals surface area contributed by atoms with Crippen molar-refractivity contribution in [1.29, 1.82) is 0 Å². The van der Waals surface area contributed by atoms with Gasteiger partial charge in [-0.3, -0.25) is 13.9 Å². The van der Waals surface area contributed by atoms with Gasteiger partial charge in [0.25, 0.3) is 5.56 Å². The Bertz CT molecular complexity index is 1570. The fourth-order valence-electron chi connectivity index (χ4n) is 4.94. The van der Waals surface area contributed by atoms with Gasteiger partial charge < -0.3 is 19.5 Å². The van der Waals surface area contributed by atoms with E-state index in [-0.39, 0.29) is 17.1 Å². The lowest BCUT2D eigenvalue weighted by Crippen LogP contribution is -2.40. The van der Waals surface area contributed by atoms with Crippen molar-refractivity contribution in [2.45, 2.75) is 32.4 Å². The highest BCUT2D eigenvalue weighted by Gasteiger charge is 2.40. The fraction of sp³-hybridized carbons (Fsp3) is 0.308. The molecule has 34 heavy (non-hydrogen) atoms. The highest BCUT2D eigenvalue weighted by Crippen LogP contribution is 2.46. The summed E-state index contributed by atoms with van der Waals surface area (Å²) in [6, 6.07) is 12.5. The molecule has 0 saturated heterocycles. The number of phenols is 2. The first-order chi connectivity index (χ1) is 16.0. The lowest BCUT2D eigenvalue weighted by atomic mass is 9.97. The van der Waals surface area contributed by atoms with Gasteiger partial charge in [-0.15, -0.1) is 0 Å². The molecule has 0 fully saturated rings. The van der Waals surface area contributed by atoms with E-state index in [2.05, 4.69) is 4.57 Å². The molecule has 4 aromatic rings. The molecule has 176 valence electrons. The summed E-state index contributed by atoms with van der Waals surface area (Å²) >= 11 is 0. The molecule has 2 aromatic heterocycles. The van der Waals surface area contributed by atoms with Crippen LogP contribution in [0, 0.1) is 6.92 Å². The molecule has 8 heteroatoms. The number of aryl methyl sites for hydroxylation is 2. The van der Waals surface area contributed by atoms with Gasteiger partial charge in [-0.05, 0) is 44.0 Å². The maximum Gasteiger partial charge on any atom is 0.331 e. The normalized spacial score (nSPS) is 17.1. The van der Waals surface area contributed by atoms with Crippen molar-refractivity contribution in [3.05, 3.63) is 80.1 Å². The average molecular weight is 462 g/mol.